The predicted molar refractivity (Wildman–Crippen MR) is 82.5 cm³/mol. The van der Waals surface area contributed by atoms with E-state index in [-0.39, 0.29) is 28.8 Å². The van der Waals surface area contributed by atoms with Gasteiger partial charge in [-0.25, -0.2) is 4.79 Å². The van der Waals surface area contributed by atoms with Gasteiger partial charge in [0.1, 0.15) is 5.17 Å². The Morgan fingerprint density at radius 3 is 2.71 bits per heavy atom. The van der Waals surface area contributed by atoms with Gasteiger partial charge in [0.2, 0.25) is 0 Å². The number of halogens is 4. The number of nitrogens with one attached hydrogen (secondary N) is 2. The molecule has 1 unspecified atom stereocenters. The van der Waals surface area contributed by atoms with E-state index in [0.717, 1.165) is 0 Å². The van der Waals surface area contributed by atoms with Crippen LogP contribution in [0.1, 0.15) is 31.7 Å². The van der Waals surface area contributed by atoms with Crippen LogP contribution in [0, 0.1) is 17.3 Å². The summed E-state index contributed by atoms with van der Waals surface area (Å²) >= 11 is 6.13. The van der Waals surface area contributed by atoms with Gasteiger partial charge in [-0.3, -0.25) is 9.78 Å². The first kappa shape index (κ1) is 16.9. The van der Waals surface area contributed by atoms with Crippen LogP contribution < -0.4 is 11.2 Å². The molecule has 0 aromatic carbocycles. The number of H-pyrrole nitrogens is 2. The van der Waals surface area contributed by atoms with Crippen LogP contribution in [0.4, 0.5) is 13.2 Å². The van der Waals surface area contributed by atoms with Crippen LogP contribution in [0.2, 0.25) is 0 Å². The summed E-state index contributed by atoms with van der Waals surface area (Å²) in [5, 5.41) is 7.87. The lowest BCUT2D eigenvalue weighted by atomic mass is 9.78. The van der Waals surface area contributed by atoms with Crippen molar-refractivity contribution in [3.05, 3.63) is 32.6 Å². The second-order valence-corrected chi connectivity index (χ2v) is 6.80. The van der Waals surface area contributed by atoms with E-state index in [0.29, 0.717) is 6.42 Å². The minimum atomic E-state index is -4.22. The van der Waals surface area contributed by atoms with E-state index in [4.69, 9.17) is 11.6 Å². The molecule has 1 aliphatic carbocycles. The topological polar surface area (TPSA) is 90.4 Å². The molecule has 130 valence electrons. The Hall–Kier alpha value is -1.90. The Kier molecular flexibility index (Phi) is 3.94. The average molecular weight is 363 g/mol. The van der Waals surface area contributed by atoms with Crippen molar-refractivity contribution in [1.29, 1.82) is 0 Å². The first-order chi connectivity index (χ1) is 11.1. The molecule has 1 aliphatic heterocycles. The zero-order chi connectivity index (χ0) is 17.7. The molecule has 1 saturated carbocycles. The van der Waals surface area contributed by atoms with Gasteiger partial charge in [-0.1, -0.05) is 18.5 Å². The second-order valence-electron chi connectivity index (χ2n) is 6.44. The Bertz CT molecular complexity index is 841. The van der Waals surface area contributed by atoms with E-state index in [1.54, 1.807) is 6.92 Å². The van der Waals surface area contributed by atoms with E-state index in [1.807, 2.05) is 0 Å². The van der Waals surface area contributed by atoms with Crippen molar-refractivity contribution in [3.63, 3.8) is 0 Å². The zero-order valence-electron chi connectivity index (χ0n) is 12.6. The van der Waals surface area contributed by atoms with Gasteiger partial charge in [-0.15, -0.1) is 5.10 Å². The molecule has 2 heterocycles. The number of hydrogen-bond donors (Lipinski definition) is 2. The third kappa shape index (κ3) is 3.17. The molecule has 1 fully saturated rings. The highest BCUT2D eigenvalue weighted by Crippen LogP contribution is 2.58. The number of aromatic amines is 2. The van der Waals surface area contributed by atoms with Gasteiger partial charge in [-0.05, 0) is 18.3 Å². The Morgan fingerprint density at radius 1 is 1.38 bits per heavy atom. The number of nitrogens with zero attached hydrogens (tertiary/aromatic N) is 2. The van der Waals surface area contributed by atoms with Crippen molar-refractivity contribution in [3.8, 4) is 0 Å². The molecule has 6 nitrogen and oxygen atoms in total. The SMILES string of the molecule is CC1([C@H]2C[C@@H]2CC(F)(F)F)CC(c2c[nH]c(=O)[nH]c2=O)=NN=C1Cl. The van der Waals surface area contributed by atoms with Crippen LogP contribution in [0.5, 0.6) is 0 Å². The maximum absolute atomic E-state index is 12.6. The van der Waals surface area contributed by atoms with Crippen molar-refractivity contribution < 1.29 is 13.2 Å². The van der Waals surface area contributed by atoms with Gasteiger partial charge in [0, 0.05) is 24.5 Å². The predicted octanol–water partition coefficient (Wildman–Crippen LogP) is 2.40. The van der Waals surface area contributed by atoms with Gasteiger partial charge >= 0.3 is 11.9 Å². The van der Waals surface area contributed by atoms with Crippen molar-refractivity contribution in [2.75, 3.05) is 0 Å². The molecule has 3 rings (SSSR count). The third-order valence-corrected chi connectivity index (χ3v) is 5.14. The van der Waals surface area contributed by atoms with Crippen LogP contribution in [0.15, 0.2) is 26.0 Å². The quantitative estimate of drug-likeness (QED) is 0.864. The molecule has 1 aromatic heterocycles. The highest BCUT2D eigenvalue weighted by Gasteiger charge is 2.56. The maximum Gasteiger partial charge on any atom is 0.389 e. The molecule has 0 spiro atoms. The normalized spacial score (nSPS) is 29.9. The molecule has 10 heteroatoms. The van der Waals surface area contributed by atoms with Gasteiger partial charge < -0.3 is 4.98 Å². The first-order valence-electron chi connectivity index (χ1n) is 7.30. The Morgan fingerprint density at radius 2 is 2.08 bits per heavy atom. The van der Waals surface area contributed by atoms with E-state index in [2.05, 4.69) is 20.2 Å². The zero-order valence-corrected chi connectivity index (χ0v) is 13.3. The number of rotatable bonds is 3. The minimum Gasteiger partial charge on any atom is -0.313 e. The van der Waals surface area contributed by atoms with E-state index < -0.39 is 35.2 Å². The molecule has 2 N–H and O–H groups in total. The van der Waals surface area contributed by atoms with Crippen molar-refractivity contribution in [1.82, 2.24) is 9.97 Å². The van der Waals surface area contributed by atoms with E-state index in [9.17, 15) is 22.8 Å². The first-order valence-corrected chi connectivity index (χ1v) is 7.67. The lowest BCUT2D eigenvalue weighted by Crippen LogP contribution is -2.36. The number of alkyl halides is 3. The molecule has 0 bridgehead atoms. The summed E-state index contributed by atoms with van der Waals surface area (Å²) < 4.78 is 37.7. The maximum atomic E-state index is 12.6. The third-order valence-electron chi connectivity index (χ3n) is 4.63. The molecule has 1 aromatic rings. The molecule has 3 atom stereocenters. The van der Waals surface area contributed by atoms with Gasteiger partial charge in [0.05, 0.1) is 11.3 Å². The average Bonchev–Trinajstić information content (AvgIpc) is 3.20. The highest BCUT2D eigenvalue weighted by molar-refractivity contribution is 6.67. The van der Waals surface area contributed by atoms with E-state index in [1.165, 1.54) is 6.20 Å². The second kappa shape index (κ2) is 5.58. The molecule has 0 radical (unpaired) electrons. The fourth-order valence-corrected chi connectivity index (χ4v) is 3.53. The molecule has 0 amide bonds. The van der Waals surface area contributed by atoms with Gasteiger partial charge in [-0.2, -0.15) is 18.3 Å². The van der Waals surface area contributed by atoms with Crippen LogP contribution in [-0.4, -0.2) is 27.0 Å². The molecule has 2 aliphatic rings. The standard InChI is InChI=1S/C14H14ClF3N4O2/c1-13(8-2-6(8)3-14(16,17)18)4-9(21-22-11(13)15)7-5-19-12(24)20-10(7)23/h5-6,8H,2-4H2,1H3,(H2,19,20,23,24)/t6-,8+,13?/m1/s1. The van der Waals surface area contributed by atoms with Crippen LogP contribution in [-0.2, 0) is 0 Å². The molecule has 24 heavy (non-hydrogen) atoms. The van der Waals surface area contributed by atoms with E-state index >= 15 is 0 Å². The summed E-state index contributed by atoms with van der Waals surface area (Å²) in [6, 6.07) is 0. The molecular formula is C14H14ClF3N4O2. The Balaban J connectivity index is 1.86. The smallest absolute Gasteiger partial charge is 0.313 e. The van der Waals surface area contributed by atoms with Crippen molar-refractivity contribution in [2.24, 2.45) is 27.5 Å². The number of aromatic nitrogens is 2. The van der Waals surface area contributed by atoms with Crippen molar-refractivity contribution >= 4 is 22.5 Å². The van der Waals surface area contributed by atoms with Gasteiger partial charge in [0.15, 0.2) is 0 Å². The highest BCUT2D eigenvalue weighted by atomic mass is 35.5. The summed E-state index contributed by atoms with van der Waals surface area (Å²) in [7, 11) is 0. The van der Waals surface area contributed by atoms with Crippen LogP contribution in [0.3, 0.4) is 0 Å². The monoisotopic (exact) mass is 362 g/mol. The Labute approximate surface area is 138 Å². The minimum absolute atomic E-state index is 0.127. The molecule has 0 saturated heterocycles. The number of hydrogen-bond acceptors (Lipinski definition) is 4. The fraction of sp³-hybridized carbons (Fsp3) is 0.571. The summed E-state index contributed by atoms with van der Waals surface area (Å²) in [4.78, 5) is 27.4. The summed E-state index contributed by atoms with van der Waals surface area (Å²) in [5.41, 5.74) is -1.68. The van der Waals surface area contributed by atoms with Crippen LogP contribution >= 0.6 is 11.6 Å². The summed E-state index contributed by atoms with van der Waals surface area (Å²) in [6.07, 6.45) is -3.28. The van der Waals surface area contributed by atoms with Crippen LogP contribution in [0.25, 0.3) is 0 Å². The van der Waals surface area contributed by atoms with Gasteiger partial charge in [0.25, 0.3) is 5.56 Å². The largest absolute Gasteiger partial charge is 0.389 e. The lowest BCUT2D eigenvalue weighted by molar-refractivity contribution is -0.139. The summed E-state index contributed by atoms with van der Waals surface area (Å²) in [5.74, 6) is -0.783. The lowest BCUT2D eigenvalue weighted by Gasteiger charge is -2.31. The molecular weight excluding hydrogens is 349 g/mol. The fourth-order valence-electron chi connectivity index (χ4n) is 3.28. The van der Waals surface area contributed by atoms with Crippen molar-refractivity contribution in [2.45, 2.75) is 32.4 Å². The summed E-state index contributed by atoms with van der Waals surface area (Å²) in [6.45, 7) is 1.73.